The van der Waals surface area contributed by atoms with Crippen LogP contribution in [0.5, 0.6) is 17.2 Å². The number of nitrogens with zero attached hydrogens (tertiary/aromatic N) is 4. The first-order valence-electron chi connectivity index (χ1n) is 5.84. The first kappa shape index (κ1) is 14.4. The van der Waals surface area contributed by atoms with Crippen LogP contribution in [0.3, 0.4) is 0 Å². The molecule has 0 aliphatic rings. The molecule has 1 heterocycles. The largest absolute Gasteiger partial charge is 0.493 e. The van der Waals surface area contributed by atoms with Crippen LogP contribution in [-0.2, 0) is 19.5 Å². The standard InChI is InChI=1S/C12H15ClN4O3/c1-17-15-11(14-16-17)7-20-12-9(18-2)4-8(6-13)5-10(12)19-3/h4-5H,6-7H2,1-3H3. The van der Waals surface area contributed by atoms with Gasteiger partial charge in [-0.2, -0.15) is 4.80 Å². The molecule has 0 atom stereocenters. The maximum absolute atomic E-state index is 5.83. The van der Waals surface area contributed by atoms with Crippen LogP contribution in [0.2, 0.25) is 0 Å². The molecule has 0 amide bonds. The quantitative estimate of drug-likeness (QED) is 0.754. The van der Waals surface area contributed by atoms with Crippen molar-refractivity contribution in [1.29, 1.82) is 0 Å². The van der Waals surface area contributed by atoms with E-state index in [1.807, 2.05) is 0 Å². The second kappa shape index (κ2) is 6.42. The van der Waals surface area contributed by atoms with Gasteiger partial charge in [-0.05, 0) is 22.9 Å². The van der Waals surface area contributed by atoms with E-state index in [0.29, 0.717) is 29.0 Å². The highest BCUT2D eigenvalue weighted by atomic mass is 35.5. The van der Waals surface area contributed by atoms with Crippen LogP contribution in [-0.4, -0.2) is 34.4 Å². The highest BCUT2D eigenvalue weighted by Crippen LogP contribution is 2.39. The molecule has 7 nitrogen and oxygen atoms in total. The van der Waals surface area contributed by atoms with Gasteiger partial charge in [-0.3, -0.25) is 0 Å². The van der Waals surface area contributed by atoms with E-state index < -0.39 is 0 Å². The van der Waals surface area contributed by atoms with Crippen LogP contribution in [0, 0.1) is 0 Å². The molecule has 0 saturated heterocycles. The lowest BCUT2D eigenvalue weighted by molar-refractivity contribution is 0.258. The van der Waals surface area contributed by atoms with Gasteiger partial charge in [-0.25, -0.2) is 0 Å². The van der Waals surface area contributed by atoms with Gasteiger partial charge in [0.05, 0.1) is 21.3 Å². The van der Waals surface area contributed by atoms with Crippen molar-refractivity contribution >= 4 is 11.6 Å². The molecule has 8 heteroatoms. The number of aryl methyl sites for hydroxylation is 1. The Morgan fingerprint density at radius 2 is 1.85 bits per heavy atom. The number of halogens is 1. The van der Waals surface area contributed by atoms with Gasteiger partial charge in [-0.1, -0.05) is 0 Å². The number of hydrogen-bond acceptors (Lipinski definition) is 6. The van der Waals surface area contributed by atoms with Gasteiger partial charge in [-0.15, -0.1) is 21.8 Å². The maximum atomic E-state index is 5.83. The average Bonchev–Trinajstić information content (AvgIpc) is 2.89. The van der Waals surface area contributed by atoms with Crippen molar-refractivity contribution < 1.29 is 14.2 Å². The SMILES string of the molecule is COc1cc(CCl)cc(OC)c1OCc1nnn(C)n1. The third-order valence-corrected chi connectivity index (χ3v) is 2.88. The molecule has 1 aromatic heterocycles. The molecular formula is C12H15ClN4O3. The zero-order valence-electron chi connectivity index (χ0n) is 11.5. The Labute approximate surface area is 121 Å². The van der Waals surface area contributed by atoms with Gasteiger partial charge in [0.15, 0.2) is 18.1 Å². The lowest BCUT2D eigenvalue weighted by Crippen LogP contribution is -2.03. The molecule has 0 N–H and O–H groups in total. The Morgan fingerprint density at radius 1 is 1.20 bits per heavy atom. The van der Waals surface area contributed by atoms with Gasteiger partial charge >= 0.3 is 0 Å². The van der Waals surface area contributed by atoms with Crippen LogP contribution >= 0.6 is 11.6 Å². The molecule has 20 heavy (non-hydrogen) atoms. The van der Waals surface area contributed by atoms with E-state index in [2.05, 4.69) is 15.4 Å². The summed E-state index contributed by atoms with van der Waals surface area (Å²) in [5, 5.41) is 11.6. The molecule has 0 spiro atoms. The normalized spacial score (nSPS) is 10.4. The van der Waals surface area contributed by atoms with E-state index in [1.165, 1.54) is 4.80 Å². The fourth-order valence-electron chi connectivity index (χ4n) is 1.67. The van der Waals surface area contributed by atoms with Crippen molar-refractivity contribution in [2.75, 3.05) is 14.2 Å². The zero-order valence-corrected chi connectivity index (χ0v) is 12.2. The van der Waals surface area contributed by atoms with Crippen LogP contribution in [0.4, 0.5) is 0 Å². The number of tetrazole rings is 1. The first-order valence-corrected chi connectivity index (χ1v) is 6.38. The molecule has 0 saturated carbocycles. The smallest absolute Gasteiger partial charge is 0.212 e. The molecular weight excluding hydrogens is 284 g/mol. The number of ether oxygens (including phenoxy) is 3. The van der Waals surface area contributed by atoms with Gasteiger partial charge in [0, 0.05) is 5.88 Å². The summed E-state index contributed by atoms with van der Waals surface area (Å²) in [5.74, 6) is 2.40. The lowest BCUT2D eigenvalue weighted by Gasteiger charge is -2.14. The van der Waals surface area contributed by atoms with Gasteiger partial charge in [0.2, 0.25) is 11.6 Å². The third kappa shape index (κ3) is 3.11. The van der Waals surface area contributed by atoms with Crippen LogP contribution in [0.25, 0.3) is 0 Å². The van der Waals surface area contributed by atoms with E-state index in [1.54, 1.807) is 33.4 Å². The van der Waals surface area contributed by atoms with Crippen LogP contribution in [0.1, 0.15) is 11.4 Å². The summed E-state index contributed by atoms with van der Waals surface area (Å²) in [7, 11) is 4.80. The summed E-state index contributed by atoms with van der Waals surface area (Å²) in [4.78, 5) is 1.36. The van der Waals surface area contributed by atoms with Crippen molar-refractivity contribution in [2.45, 2.75) is 12.5 Å². The number of alkyl halides is 1. The minimum atomic E-state index is 0.167. The molecule has 0 bridgehead atoms. The lowest BCUT2D eigenvalue weighted by atomic mass is 10.2. The Balaban J connectivity index is 2.24. The molecule has 0 fully saturated rings. The number of aromatic nitrogens is 4. The Morgan fingerprint density at radius 3 is 2.30 bits per heavy atom. The summed E-state index contributed by atoms with van der Waals surface area (Å²) < 4.78 is 16.3. The molecule has 2 rings (SSSR count). The zero-order chi connectivity index (χ0) is 14.5. The van der Waals surface area contributed by atoms with Gasteiger partial charge in [0.25, 0.3) is 0 Å². The molecule has 0 aliphatic carbocycles. The fourth-order valence-corrected chi connectivity index (χ4v) is 1.83. The molecule has 2 aromatic rings. The Bertz CT molecular complexity index is 563. The number of hydrogen-bond donors (Lipinski definition) is 0. The second-order valence-corrected chi connectivity index (χ2v) is 4.21. The number of benzene rings is 1. The second-order valence-electron chi connectivity index (χ2n) is 3.95. The predicted molar refractivity (Wildman–Crippen MR) is 72.2 cm³/mol. The monoisotopic (exact) mass is 298 g/mol. The van der Waals surface area contributed by atoms with E-state index in [9.17, 15) is 0 Å². The molecule has 0 unspecified atom stereocenters. The molecule has 1 aromatic carbocycles. The summed E-state index contributed by atoms with van der Waals surface area (Å²) in [6.45, 7) is 0.167. The third-order valence-electron chi connectivity index (χ3n) is 2.57. The van der Waals surface area contributed by atoms with E-state index in [-0.39, 0.29) is 6.61 Å². The van der Waals surface area contributed by atoms with Crippen molar-refractivity contribution in [3.05, 3.63) is 23.5 Å². The van der Waals surface area contributed by atoms with E-state index in [4.69, 9.17) is 25.8 Å². The number of methoxy groups -OCH3 is 2. The summed E-state index contributed by atoms with van der Waals surface area (Å²) in [6, 6.07) is 3.60. The van der Waals surface area contributed by atoms with Gasteiger partial charge < -0.3 is 14.2 Å². The van der Waals surface area contributed by atoms with Gasteiger partial charge in [0.1, 0.15) is 0 Å². The number of rotatable bonds is 6. The molecule has 108 valence electrons. The fraction of sp³-hybridized carbons (Fsp3) is 0.417. The Kier molecular flexibility index (Phi) is 4.62. The van der Waals surface area contributed by atoms with Crippen molar-refractivity contribution in [3.63, 3.8) is 0 Å². The predicted octanol–water partition coefficient (Wildman–Crippen LogP) is 1.55. The van der Waals surface area contributed by atoms with Crippen molar-refractivity contribution in [1.82, 2.24) is 20.2 Å². The van der Waals surface area contributed by atoms with Crippen LogP contribution < -0.4 is 14.2 Å². The van der Waals surface area contributed by atoms with E-state index in [0.717, 1.165) is 5.56 Å². The Hall–Kier alpha value is -2.02. The summed E-state index contributed by atoms with van der Waals surface area (Å²) >= 11 is 5.83. The van der Waals surface area contributed by atoms with E-state index >= 15 is 0 Å². The first-order chi connectivity index (χ1) is 9.67. The summed E-state index contributed by atoms with van der Waals surface area (Å²) in [5.41, 5.74) is 0.880. The van der Waals surface area contributed by atoms with Crippen molar-refractivity contribution in [2.24, 2.45) is 7.05 Å². The average molecular weight is 299 g/mol. The minimum Gasteiger partial charge on any atom is -0.493 e. The molecule has 0 radical (unpaired) electrons. The molecule has 0 aliphatic heterocycles. The van der Waals surface area contributed by atoms with Crippen molar-refractivity contribution in [3.8, 4) is 17.2 Å². The summed E-state index contributed by atoms with van der Waals surface area (Å²) in [6.07, 6.45) is 0. The highest BCUT2D eigenvalue weighted by molar-refractivity contribution is 6.17. The topological polar surface area (TPSA) is 71.3 Å². The van der Waals surface area contributed by atoms with Crippen LogP contribution in [0.15, 0.2) is 12.1 Å². The maximum Gasteiger partial charge on any atom is 0.212 e. The minimum absolute atomic E-state index is 0.167. The highest BCUT2D eigenvalue weighted by Gasteiger charge is 2.15.